The second kappa shape index (κ2) is 3.73. The molecule has 11 heavy (non-hydrogen) atoms. The topological polar surface area (TPSA) is 25.8 Å². The van der Waals surface area contributed by atoms with Gasteiger partial charge >= 0.3 is 0 Å². The Morgan fingerprint density at radius 3 is 2.09 bits per heavy atom. The zero-order valence-corrected chi connectivity index (χ0v) is 7.99. The van der Waals surface area contributed by atoms with Crippen molar-refractivity contribution in [3.8, 4) is 0 Å². The lowest BCUT2D eigenvalue weighted by molar-refractivity contribution is -0.510. The fourth-order valence-electron chi connectivity index (χ4n) is 1.02. The van der Waals surface area contributed by atoms with E-state index in [4.69, 9.17) is 4.74 Å². The van der Waals surface area contributed by atoms with Crippen LogP contribution in [-0.2, 0) is 4.74 Å². The molecule has 0 unspecified atom stereocenters. The van der Waals surface area contributed by atoms with Crippen LogP contribution in [0.25, 0.3) is 0 Å². The third kappa shape index (κ3) is 1.72. The van der Waals surface area contributed by atoms with Gasteiger partial charge in [0.1, 0.15) is 12.4 Å². The van der Waals surface area contributed by atoms with Crippen LogP contribution in [0.3, 0.4) is 0 Å². The Morgan fingerprint density at radius 2 is 1.55 bits per heavy atom. The number of nitrogens with two attached hydrogens (primary N) is 1. The fourth-order valence-corrected chi connectivity index (χ4v) is 1.02. The summed E-state index contributed by atoms with van der Waals surface area (Å²) < 4.78 is 4.97. The molecule has 2 heterocycles. The monoisotopic (exact) mass is 261 g/mol. The highest BCUT2D eigenvalue weighted by molar-refractivity contribution is 5.46. The summed E-state index contributed by atoms with van der Waals surface area (Å²) in [4.78, 5) is 0. The summed E-state index contributed by atoms with van der Waals surface area (Å²) in [6.07, 6.45) is 11.4. The maximum Gasteiger partial charge on any atom is 0.105 e. The second-order valence-electron chi connectivity index (χ2n) is 2.18. The fraction of sp³-hybridized carbons (Fsp3) is 0. The summed E-state index contributed by atoms with van der Waals surface area (Å²) in [5.74, 6) is 0. The molecule has 0 bridgehead atoms. The molecule has 58 valence electrons. The number of hydrogen-bond donors (Lipinski definition) is 1. The van der Waals surface area contributed by atoms with Crippen molar-refractivity contribution in [2.24, 2.45) is 0 Å². The van der Waals surface area contributed by atoms with Gasteiger partial charge in [-0.3, -0.25) is 5.32 Å². The molecular formula is C8H8INO. The van der Waals surface area contributed by atoms with Crippen LogP contribution in [0.5, 0.6) is 0 Å². The minimum Gasteiger partial charge on any atom is -1.00 e. The van der Waals surface area contributed by atoms with E-state index in [1.807, 2.05) is 17.5 Å². The maximum absolute atomic E-state index is 4.97. The molecule has 0 aromatic rings. The van der Waals surface area contributed by atoms with Crippen LogP contribution in [0.2, 0.25) is 0 Å². The minimum absolute atomic E-state index is 0. The van der Waals surface area contributed by atoms with Gasteiger partial charge in [0, 0.05) is 11.1 Å². The second-order valence-corrected chi connectivity index (χ2v) is 2.18. The molecule has 2 rings (SSSR count). The van der Waals surface area contributed by atoms with Crippen molar-refractivity contribution >= 4 is 0 Å². The smallest absolute Gasteiger partial charge is 0.105 e. The quantitative estimate of drug-likeness (QED) is 0.475. The van der Waals surface area contributed by atoms with Gasteiger partial charge in [-0.05, 0) is 12.2 Å². The Balaban J connectivity index is 0.000000605. The SMILES string of the molecule is C1=CC2=C[NH2+]C=C2C=CO1.[I-]. The normalized spacial score (nSPS) is 18.9. The van der Waals surface area contributed by atoms with Crippen molar-refractivity contribution < 1.29 is 34.0 Å². The molecular weight excluding hydrogens is 253 g/mol. The molecule has 0 radical (unpaired) electrons. The number of allylic oxidation sites excluding steroid dienone is 4. The Morgan fingerprint density at radius 1 is 1.00 bits per heavy atom. The third-order valence-electron chi connectivity index (χ3n) is 1.54. The lowest BCUT2D eigenvalue weighted by Gasteiger charge is -1.85. The molecule has 2 nitrogen and oxygen atoms in total. The predicted molar refractivity (Wildman–Crippen MR) is 37.5 cm³/mol. The van der Waals surface area contributed by atoms with Crippen molar-refractivity contribution in [1.29, 1.82) is 0 Å². The van der Waals surface area contributed by atoms with Crippen molar-refractivity contribution in [3.63, 3.8) is 0 Å². The summed E-state index contributed by atoms with van der Waals surface area (Å²) in [7, 11) is 0. The van der Waals surface area contributed by atoms with E-state index in [2.05, 4.69) is 12.4 Å². The van der Waals surface area contributed by atoms with Crippen molar-refractivity contribution in [2.75, 3.05) is 0 Å². The summed E-state index contributed by atoms with van der Waals surface area (Å²) in [5, 5.41) is 2.03. The van der Waals surface area contributed by atoms with Gasteiger partial charge in [-0.1, -0.05) is 0 Å². The molecule has 0 aromatic heterocycles. The van der Waals surface area contributed by atoms with E-state index in [1.54, 1.807) is 12.5 Å². The van der Waals surface area contributed by atoms with Gasteiger partial charge < -0.3 is 28.7 Å². The van der Waals surface area contributed by atoms with E-state index in [-0.39, 0.29) is 24.0 Å². The third-order valence-corrected chi connectivity index (χ3v) is 1.54. The number of fused-ring (bicyclic) bond motifs is 1. The first-order chi connectivity index (χ1) is 4.97. The van der Waals surface area contributed by atoms with E-state index < -0.39 is 0 Å². The molecule has 0 amide bonds. The summed E-state index contributed by atoms with van der Waals surface area (Å²) in [6, 6.07) is 0. The number of rotatable bonds is 0. The summed E-state index contributed by atoms with van der Waals surface area (Å²) in [6.45, 7) is 0. The summed E-state index contributed by atoms with van der Waals surface area (Å²) >= 11 is 0. The Hall–Kier alpha value is -0.550. The van der Waals surface area contributed by atoms with Gasteiger partial charge in [-0.2, -0.15) is 0 Å². The van der Waals surface area contributed by atoms with Crippen LogP contribution in [0.1, 0.15) is 0 Å². The molecule has 3 heteroatoms. The average Bonchev–Trinajstić information content (AvgIpc) is 2.28. The predicted octanol–water partition coefficient (Wildman–Crippen LogP) is -2.61. The van der Waals surface area contributed by atoms with Crippen LogP contribution in [0.4, 0.5) is 0 Å². The van der Waals surface area contributed by atoms with E-state index in [9.17, 15) is 0 Å². The lowest BCUT2D eigenvalue weighted by Crippen LogP contribution is -3.00. The number of halogens is 1. The highest BCUT2D eigenvalue weighted by atomic mass is 127. The first-order valence-electron chi connectivity index (χ1n) is 3.21. The zero-order valence-electron chi connectivity index (χ0n) is 5.83. The Kier molecular flexibility index (Phi) is 2.90. The molecule has 0 saturated carbocycles. The van der Waals surface area contributed by atoms with E-state index in [1.165, 1.54) is 11.1 Å². The van der Waals surface area contributed by atoms with Gasteiger partial charge in [0.25, 0.3) is 0 Å². The van der Waals surface area contributed by atoms with Gasteiger partial charge in [-0.15, -0.1) is 0 Å². The van der Waals surface area contributed by atoms with E-state index in [0.717, 1.165) is 0 Å². The van der Waals surface area contributed by atoms with Gasteiger partial charge in [0.2, 0.25) is 0 Å². The number of hydrogen-bond acceptors (Lipinski definition) is 1. The van der Waals surface area contributed by atoms with Crippen molar-refractivity contribution in [2.45, 2.75) is 0 Å². The zero-order chi connectivity index (χ0) is 6.81. The Bertz CT molecular complexity index is 237. The number of quaternary nitrogens is 1. The van der Waals surface area contributed by atoms with Crippen LogP contribution < -0.4 is 29.3 Å². The maximum atomic E-state index is 4.97. The molecule has 2 aliphatic heterocycles. The van der Waals surface area contributed by atoms with Crippen molar-refractivity contribution in [1.82, 2.24) is 0 Å². The standard InChI is InChI=1S/C8H7NO.HI/c1-3-10-4-2-8-6-9-5-7(1)8;/h1-6,9H;1H. The molecule has 0 aliphatic carbocycles. The Labute approximate surface area is 82.3 Å². The van der Waals surface area contributed by atoms with E-state index in [0.29, 0.717) is 0 Å². The molecule has 0 saturated heterocycles. The largest absolute Gasteiger partial charge is 1.00 e. The van der Waals surface area contributed by atoms with Crippen molar-refractivity contribution in [3.05, 3.63) is 48.2 Å². The molecule has 2 N–H and O–H groups in total. The lowest BCUT2D eigenvalue weighted by atomic mass is 10.1. The molecule has 0 fully saturated rings. The average molecular weight is 261 g/mol. The first-order valence-corrected chi connectivity index (χ1v) is 3.21. The molecule has 0 atom stereocenters. The first kappa shape index (κ1) is 8.55. The van der Waals surface area contributed by atoms with Crippen LogP contribution >= 0.6 is 0 Å². The van der Waals surface area contributed by atoms with Gasteiger partial charge in [-0.25, -0.2) is 0 Å². The van der Waals surface area contributed by atoms with Crippen LogP contribution in [0, 0.1) is 0 Å². The highest BCUT2D eigenvalue weighted by Crippen LogP contribution is 2.15. The minimum atomic E-state index is 0. The molecule has 0 aromatic carbocycles. The molecule has 0 spiro atoms. The van der Waals surface area contributed by atoms with Crippen LogP contribution in [-0.4, -0.2) is 0 Å². The van der Waals surface area contributed by atoms with Gasteiger partial charge in [0.15, 0.2) is 0 Å². The van der Waals surface area contributed by atoms with Gasteiger partial charge in [0.05, 0.1) is 12.5 Å². The highest BCUT2D eigenvalue weighted by Gasteiger charge is 2.09. The summed E-state index contributed by atoms with van der Waals surface area (Å²) in [5.41, 5.74) is 2.43. The van der Waals surface area contributed by atoms with E-state index >= 15 is 0 Å². The van der Waals surface area contributed by atoms with Crippen LogP contribution in [0.15, 0.2) is 48.2 Å². The molecule has 2 aliphatic rings. The number of ether oxygens (including phenoxy) is 1.